The van der Waals surface area contributed by atoms with E-state index in [0.29, 0.717) is 0 Å². The van der Waals surface area contributed by atoms with Gasteiger partial charge in [-0.15, -0.1) is 0 Å². The molecule has 0 fully saturated rings. The summed E-state index contributed by atoms with van der Waals surface area (Å²) >= 11 is 2.39. The lowest BCUT2D eigenvalue weighted by molar-refractivity contribution is 0.614. The fraction of sp³-hybridized carbons (Fsp3) is 1.00. The van der Waals surface area contributed by atoms with Gasteiger partial charge in [0.05, 0.1) is 0 Å². The van der Waals surface area contributed by atoms with E-state index in [-0.39, 0.29) is 0 Å². The normalized spacial score (nSPS) is 10.2. The first-order valence-electron chi connectivity index (χ1n) is 4.18. The molecule has 1 N–H and O–H groups in total. The molecule has 10 heavy (non-hydrogen) atoms. The molecule has 0 aliphatic carbocycles. The molecule has 0 atom stereocenters. The minimum atomic E-state index is 1.17. The Morgan fingerprint density at radius 3 is 2.50 bits per heavy atom. The van der Waals surface area contributed by atoms with Crippen molar-refractivity contribution in [1.82, 2.24) is 5.32 Å². The van der Waals surface area contributed by atoms with Gasteiger partial charge in [0.15, 0.2) is 0 Å². The highest BCUT2D eigenvalue weighted by atomic mass is 127. The quantitative estimate of drug-likeness (QED) is 0.419. The van der Waals surface area contributed by atoms with Gasteiger partial charge < -0.3 is 5.32 Å². The van der Waals surface area contributed by atoms with Crippen LogP contribution in [0.2, 0.25) is 0 Å². The van der Waals surface area contributed by atoms with Crippen molar-refractivity contribution in [1.29, 1.82) is 0 Å². The summed E-state index contributed by atoms with van der Waals surface area (Å²) in [6.45, 7) is 4.63. The van der Waals surface area contributed by atoms with Crippen LogP contribution in [0.15, 0.2) is 0 Å². The Hall–Kier alpha value is 0.690. The molecule has 0 aromatic carbocycles. The van der Waals surface area contributed by atoms with Gasteiger partial charge in [-0.05, 0) is 13.0 Å². The molecule has 0 saturated carbocycles. The SMILES string of the molecule is CCCCCCNCCI. The van der Waals surface area contributed by atoms with Gasteiger partial charge >= 0.3 is 0 Å². The van der Waals surface area contributed by atoms with E-state index in [0.717, 1.165) is 0 Å². The summed E-state index contributed by atoms with van der Waals surface area (Å²) in [5, 5.41) is 3.39. The van der Waals surface area contributed by atoms with Crippen molar-refractivity contribution in [3.05, 3.63) is 0 Å². The third-order valence-electron chi connectivity index (χ3n) is 1.48. The summed E-state index contributed by atoms with van der Waals surface area (Å²) in [6, 6.07) is 0. The fourth-order valence-electron chi connectivity index (χ4n) is 0.869. The molecule has 0 rings (SSSR count). The van der Waals surface area contributed by atoms with Crippen LogP contribution in [0.1, 0.15) is 32.6 Å². The average molecular weight is 255 g/mol. The first kappa shape index (κ1) is 10.7. The highest BCUT2D eigenvalue weighted by molar-refractivity contribution is 14.1. The third-order valence-corrected chi connectivity index (χ3v) is 2.02. The summed E-state index contributed by atoms with van der Waals surface area (Å²) in [4.78, 5) is 0. The molecule has 0 aromatic heterocycles. The maximum Gasteiger partial charge on any atom is 0.0121 e. The molecule has 2 heteroatoms. The minimum Gasteiger partial charge on any atom is -0.316 e. The molecular weight excluding hydrogens is 237 g/mol. The average Bonchev–Trinajstić information content (AvgIpc) is 1.97. The molecule has 0 heterocycles. The van der Waals surface area contributed by atoms with Crippen LogP contribution in [0, 0.1) is 0 Å². The van der Waals surface area contributed by atoms with Gasteiger partial charge in [-0.3, -0.25) is 0 Å². The minimum absolute atomic E-state index is 1.17. The second-order valence-corrected chi connectivity index (χ2v) is 3.58. The zero-order valence-corrected chi connectivity index (χ0v) is 8.99. The maximum atomic E-state index is 3.39. The first-order valence-corrected chi connectivity index (χ1v) is 5.71. The lowest BCUT2D eigenvalue weighted by Gasteiger charge is -2.00. The van der Waals surface area contributed by atoms with E-state index in [1.54, 1.807) is 0 Å². The summed E-state index contributed by atoms with van der Waals surface area (Å²) in [5.41, 5.74) is 0. The number of unbranched alkanes of at least 4 members (excludes halogenated alkanes) is 3. The molecule has 0 aliphatic rings. The predicted molar refractivity (Wildman–Crippen MR) is 55.9 cm³/mol. The van der Waals surface area contributed by atoms with Crippen molar-refractivity contribution in [2.45, 2.75) is 32.6 Å². The molecule has 0 saturated heterocycles. The molecule has 0 radical (unpaired) electrons. The zero-order valence-electron chi connectivity index (χ0n) is 6.83. The number of nitrogens with one attached hydrogen (secondary N) is 1. The maximum absolute atomic E-state index is 3.39. The van der Waals surface area contributed by atoms with Crippen molar-refractivity contribution < 1.29 is 0 Å². The van der Waals surface area contributed by atoms with Gasteiger partial charge in [0.25, 0.3) is 0 Å². The first-order chi connectivity index (χ1) is 4.91. The van der Waals surface area contributed by atoms with Crippen molar-refractivity contribution >= 4 is 22.6 Å². The lowest BCUT2D eigenvalue weighted by Crippen LogP contribution is -2.17. The van der Waals surface area contributed by atoms with Crippen molar-refractivity contribution in [3.8, 4) is 0 Å². The Morgan fingerprint density at radius 1 is 1.10 bits per heavy atom. The van der Waals surface area contributed by atoms with Crippen LogP contribution in [0.3, 0.4) is 0 Å². The van der Waals surface area contributed by atoms with Gasteiger partial charge in [-0.2, -0.15) is 0 Å². The van der Waals surface area contributed by atoms with Crippen LogP contribution >= 0.6 is 22.6 Å². The lowest BCUT2D eigenvalue weighted by atomic mass is 10.2. The van der Waals surface area contributed by atoms with Crippen LogP contribution in [-0.4, -0.2) is 17.5 Å². The Bertz CT molecular complexity index is 49.2. The van der Waals surface area contributed by atoms with E-state index in [9.17, 15) is 0 Å². The summed E-state index contributed by atoms with van der Waals surface area (Å²) < 4.78 is 1.23. The fourth-order valence-corrected chi connectivity index (χ4v) is 1.25. The number of hydrogen-bond acceptors (Lipinski definition) is 1. The molecule has 0 aliphatic heterocycles. The number of alkyl halides is 1. The number of halogens is 1. The molecule has 1 nitrogen and oxygen atoms in total. The van der Waals surface area contributed by atoms with Crippen molar-refractivity contribution in [2.75, 3.05) is 17.5 Å². The number of rotatable bonds is 7. The number of hydrogen-bond donors (Lipinski definition) is 1. The molecule has 0 bridgehead atoms. The molecule has 62 valence electrons. The van der Waals surface area contributed by atoms with Crippen molar-refractivity contribution in [2.24, 2.45) is 0 Å². The van der Waals surface area contributed by atoms with E-state index in [1.165, 1.54) is 43.2 Å². The summed E-state index contributed by atoms with van der Waals surface area (Å²) in [7, 11) is 0. The van der Waals surface area contributed by atoms with Crippen LogP contribution in [0.25, 0.3) is 0 Å². The van der Waals surface area contributed by atoms with Crippen LogP contribution in [0.5, 0.6) is 0 Å². The third kappa shape index (κ3) is 8.69. The second-order valence-electron chi connectivity index (χ2n) is 2.50. The predicted octanol–water partition coefficient (Wildman–Crippen LogP) is 2.59. The molecule has 0 aromatic rings. The Kier molecular flexibility index (Phi) is 10.4. The van der Waals surface area contributed by atoms with Gasteiger partial charge in [-0.1, -0.05) is 48.8 Å². The zero-order chi connectivity index (χ0) is 7.66. The largest absolute Gasteiger partial charge is 0.316 e. The van der Waals surface area contributed by atoms with Crippen LogP contribution in [0.4, 0.5) is 0 Å². The van der Waals surface area contributed by atoms with Gasteiger partial charge in [0.1, 0.15) is 0 Å². The molecule has 0 spiro atoms. The monoisotopic (exact) mass is 255 g/mol. The van der Waals surface area contributed by atoms with Gasteiger partial charge in [0.2, 0.25) is 0 Å². The molecule has 0 amide bonds. The Balaban J connectivity index is 2.65. The summed E-state index contributed by atoms with van der Waals surface area (Å²) in [6.07, 6.45) is 5.48. The van der Waals surface area contributed by atoms with Crippen LogP contribution in [-0.2, 0) is 0 Å². The van der Waals surface area contributed by atoms with Crippen LogP contribution < -0.4 is 5.32 Å². The van der Waals surface area contributed by atoms with E-state index in [4.69, 9.17) is 0 Å². The molecular formula is C8H18IN. The van der Waals surface area contributed by atoms with Gasteiger partial charge in [0, 0.05) is 11.0 Å². The molecule has 0 unspecified atom stereocenters. The van der Waals surface area contributed by atoms with E-state index in [1.807, 2.05) is 0 Å². The van der Waals surface area contributed by atoms with E-state index in [2.05, 4.69) is 34.8 Å². The van der Waals surface area contributed by atoms with Crippen molar-refractivity contribution in [3.63, 3.8) is 0 Å². The highest BCUT2D eigenvalue weighted by Gasteiger charge is 1.86. The Labute approximate surface area is 78.1 Å². The summed E-state index contributed by atoms with van der Waals surface area (Å²) in [5.74, 6) is 0. The Morgan fingerprint density at radius 2 is 1.90 bits per heavy atom. The second kappa shape index (κ2) is 9.69. The standard InChI is InChI=1S/C8H18IN/c1-2-3-4-5-7-10-8-6-9/h10H,2-8H2,1H3. The smallest absolute Gasteiger partial charge is 0.0121 e. The topological polar surface area (TPSA) is 12.0 Å². The highest BCUT2D eigenvalue weighted by Crippen LogP contribution is 1.96. The van der Waals surface area contributed by atoms with E-state index < -0.39 is 0 Å². The van der Waals surface area contributed by atoms with E-state index >= 15 is 0 Å². The van der Waals surface area contributed by atoms with Gasteiger partial charge in [-0.25, -0.2) is 0 Å².